The van der Waals surface area contributed by atoms with Gasteiger partial charge in [-0.3, -0.25) is 9.59 Å². The zero-order valence-electron chi connectivity index (χ0n) is 20.0. The van der Waals surface area contributed by atoms with Gasteiger partial charge in [0.25, 0.3) is 5.56 Å². The summed E-state index contributed by atoms with van der Waals surface area (Å²) in [6.07, 6.45) is -10.4. The average Bonchev–Trinajstić information content (AvgIpc) is 2.79. The number of nitrogens with one attached hydrogen (secondary N) is 2. The summed E-state index contributed by atoms with van der Waals surface area (Å²) in [5.41, 5.74) is -6.62. The van der Waals surface area contributed by atoms with Gasteiger partial charge in [-0.05, 0) is 36.6 Å². The normalized spacial score (nSPS) is 17.4. The van der Waals surface area contributed by atoms with Gasteiger partial charge in [0.2, 0.25) is 5.91 Å². The van der Waals surface area contributed by atoms with Crippen molar-refractivity contribution >= 4 is 5.91 Å². The van der Waals surface area contributed by atoms with Crippen molar-refractivity contribution in [3.63, 3.8) is 0 Å². The highest BCUT2D eigenvalue weighted by molar-refractivity contribution is 5.79. The first-order valence-corrected chi connectivity index (χ1v) is 11.5. The SMILES string of the molecule is O=c1cc(C(F)(F)F)nc(-c2c(C(F)(F)F)ccc(CNC(=O)[C@H]3C[C@H](OCc4cc(F)cc(F)c4)C3)c2F)[nH]1. The number of aromatic amines is 1. The molecule has 0 bridgehead atoms. The number of aromatic nitrogens is 2. The van der Waals surface area contributed by atoms with E-state index in [-0.39, 0.29) is 31.1 Å². The van der Waals surface area contributed by atoms with Gasteiger partial charge in [-0.1, -0.05) is 6.07 Å². The maximum Gasteiger partial charge on any atom is 0.433 e. The van der Waals surface area contributed by atoms with E-state index in [0.717, 1.165) is 12.1 Å². The van der Waals surface area contributed by atoms with Gasteiger partial charge >= 0.3 is 12.4 Å². The van der Waals surface area contributed by atoms with Crippen molar-refractivity contribution in [2.45, 2.75) is 44.4 Å². The predicted octanol–water partition coefficient (Wildman–Crippen LogP) is 5.50. The number of rotatable bonds is 7. The Bertz CT molecular complexity index is 1460. The predicted molar refractivity (Wildman–Crippen MR) is 120 cm³/mol. The molecule has 1 aliphatic rings. The Kier molecular flexibility index (Phi) is 7.97. The Morgan fingerprint density at radius 1 is 0.975 bits per heavy atom. The maximum absolute atomic E-state index is 15.3. The largest absolute Gasteiger partial charge is 0.433 e. The first kappa shape index (κ1) is 29.1. The molecule has 0 unspecified atom stereocenters. The van der Waals surface area contributed by atoms with Crippen LogP contribution in [0.25, 0.3) is 11.4 Å². The molecule has 1 amide bonds. The van der Waals surface area contributed by atoms with E-state index in [9.17, 15) is 44.7 Å². The standard InChI is InChI=1S/C25H18F9N3O3/c26-14-3-11(4-15(27)7-14)10-40-16-5-13(6-16)23(39)35-9-12-1-2-17(24(29,30)31)20(21(12)28)22-36-18(25(32,33)34)8-19(38)37-22/h1-4,7-8,13,16H,5-6,9-10H2,(H,35,39)(H,36,37,38)/t13-,16-. The maximum atomic E-state index is 15.3. The Labute approximate surface area is 219 Å². The molecule has 0 saturated heterocycles. The van der Waals surface area contributed by atoms with Crippen LogP contribution in [0.3, 0.4) is 0 Å². The molecule has 1 fully saturated rings. The van der Waals surface area contributed by atoms with Crippen LogP contribution in [0.2, 0.25) is 0 Å². The minimum atomic E-state index is -5.22. The Morgan fingerprint density at radius 2 is 1.62 bits per heavy atom. The van der Waals surface area contributed by atoms with Crippen LogP contribution < -0.4 is 10.9 Å². The second kappa shape index (κ2) is 10.9. The first-order chi connectivity index (χ1) is 18.6. The molecular weight excluding hydrogens is 561 g/mol. The average molecular weight is 579 g/mol. The monoisotopic (exact) mass is 579 g/mol. The zero-order valence-corrected chi connectivity index (χ0v) is 20.0. The molecule has 40 heavy (non-hydrogen) atoms. The molecule has 1 saturated carbocycles. The summed E-state index contributed by atoms with van der Waals surface area (Å²) >= 11 is 0. The second-order valence-electron chi connectivity index (χ2n) is 9.03. The lowest BCUT2D eigenvalue weighted by atomic mass is 9.81. The minimum Gasteiger partial charge on any atom is -0.373 e. The van der Waals surface area contributed by atoms with E-state index in [1.807, 2.05) is 0 Å². The van der Waals surface area contributed by atoms with E-state index in [4.69, 9.17) is 4.74 Å². The molecule has 0 atom stereocenters. The number of halogens is 9. The van der Waals surface area contributed by atoms with E-state index >= 15 is 4.39 Å². The van der Waals surface area contributed by atoms with E-state index in [1.165, 1.54) is 0 Å². The molecule has 0 radical (unpaired) electrons. The highest BCUT2D eigenvalue weighted by atomic mass is 19.4. The lowest BCUT2D eigenvalue weighted by Gasteiger charge is -2.34. The number of amides is 1. The summed E-state index contributed by atoms with van der Waals surface area (Å²) in [5.74, 6) is -5.67. The van der Waals surface area contributed by atoms with Crippen molar-refractivity contribution in [3.8, 4) is 11.4 Å². The second-order valence-corrected chi connectivity index (χ2v) is 9.03. The zero-order chi connectivity index (χ0) is 29.4. The number of carbonyl (C=O) groups is 1. The number of carbonyl (C=O) groups excluding carboxylic acids is 1. The summed E-state index contributed by atoms with van der Waals surface area (Å²) in [4.78, 5) is 28.8. The van der Waals surface area contributed by atoms with E-state index in [1.54, 1.807) is 4.98 Å². The van der Waals surface area contributed by atoms with Crippen LogP contribution >= 0.6 is 0 Å². The summed E-state index contributed by atoms with van der Waals surface area (Å²) in [5, 5.41) is 2.35. The molecule has 3 aromatic rings. The number of benzene rings is 2. The molecule has 1 aliphatic carbocycles. The molecule has 6 nitrogen and oxygen atoms in total. The Hall–Kier alpha value is -3.88. The molecule has 2 aromatic carbocycles. The van der Waals surface area contributed by atoms with Crippen LogP contribution in [0.1, 0.15) is 35.2 Å². The van der Waals surface area contributed by atoms with Gasteiger partial charge < -0.3 is 15.0 Å². The van der Waals surface area contributed by atoms with Gasteiger partial charge in [-0.15, -0.1) is 0 Å². The third-order valence-electron chi connectivity index (χ3n) is 6.12. The van der Waals surface area contributed by atoms with Gasteiger partial charge in [0, 0.05) is 30.2 Å². The van der Waals surface area contributed by atoms with Crippen molar-refractivity contribution in [3.05, 3.63) is 86.6 Å². The van der Waals surface area contributed by atoms with Crippen molar-refractivity contribution in [2.24, 2.45) is 5.92 Å². The molecule has 1 heterocycles. The topological polar surface area (TPSA) is 84.1 Å². The van der Waals surface area contributed by atoms with Crippen LogP contribution in [0.4, 0.5) is 39.5 Å². The number of H-pyrrole nitrogens is 1. The van der Waals surface area contributed by atoms with Crippen molar-refractivity contribution in [1.82, 2.24) is 15.3 Å². The molecular formula is C25H18F9N3O3. The molecule has 0 aliphatic heterocycles. The minimum absolute atomic E-state index is 0.0186. The van der Waals surface area contributed by atoms with Crippen LogP contribution in [0.15, 0.2) is 41.2 Å². The lowest BCUT2D eigenvalue weighted by Crippen LogP contribution is -2.42. The van der Waals surface area contributed by atoms with Gasteiger partial charge in [0.05, 0.1) is 23.8 Å². The van der Waals surface area contributed by atoms with Crippen molar-refractivity contribution in [1.29, 1.82) is 0 Å². The number of ether oxygens (including phenoxy) is 1. The Balaban J connectivity index is 1.45. The number of alkyl halides is 6. The van der Waals surface area contributed by atoms with Crippen LogP contribution in [0.5, 0.6) is 0 Å². The number of hydrogen-bond acceptors (Lipinski definition) is 4. The summed E-state index contributed by atoms with van der Waals surface area (Å²) in [6, 6.07) is 4.00. The lowest BCUT2D eigenvalue weighted by molar-refractivity contribution is -0.141. The molecule has 15 heteroatoms. The van der Waals surface area contributed by atoms with E-state index in [0.29, 0.717) is 18.2 Å². The number of hydrogen-bond donors (Lipinski definition) is 2. The van der Waals surface area contributed by atoms with Crippen LogP contribution in [-0.4, -0.2) is 22.0 Å². The summed E-state index contributed by atoms with van der Waals surface area (Å²) < 4.78 is 127. The van der Waals surface area contributed by atoms with Gasteiger partial charge in [-0.2, -0.15) is 26.3 Å². The highest BCUT2D eigenvalue weighted by Gasteiger charge is 2.39. The first-order valence-electron chi connectivity index (χ1n) is 11.5. The third kappa shape index (κ3) is 6.63. The smallest absolute Gasteiger partial charge is 0.373 e. The summed E-state index contributed by atoms with van der Waals surface area (Å²) in [6.45, 7) is -0.734. The third-order valence-corrected chi connectivity index (χ3v) is 6.12. The van der Waals surface area contributed by atoms with Crippen LogP contribution in [0, 0.1) is 23.4 Å². The van der Waals surface area contributed by atoms with Gasteiger partial charge in [0.1, 0.15) is 23.3 Å². The van der Waals surface area contributed by atoms with Gasteiger partial charge in [0.15, 0.2) is 5.69 Å². The Morgan fingerprint density at radius 3 is 2.23 bits per heavy atom. The summed E-state index contributed by atoms with van der Waals surface area (Å²) in [7, 11) is 0. The van der Waals surface area contributed by atoms with Crippen molar-refractivity contribution < 1.29 is 49.0 Å². The fraction of sp³-hybridized carbons (Fsp3) is 0.320. The fourth-order valence-corrected chi connectivity index (χ4v) is 4.10. The highest BCUT2D eigenvalue weighted by Crippen LogP contribution is 2.39. The van der Waals surface area contributed by atoms with Crippen molar-refractivity contribution in [2.75, 3.05) is 0 Å². The molecule has 2 N–H and O–H groups in total. The molecule has 0 spiro atoms. The number of nitrogens with zero attached hydrogens (tertiary/aromatic N) is 1. The van der Waals surface area contributed by atoms with Gasteiger partial charge in [-0.25, -0.2) is 18.2 Å². The quantitative estimate of drug-likeness (QED) is 0.362. The molecule has 4 rings (SSSR count). The molecule has 1 aromatic heterocycles. The van der Waals surface area contributed by atoms with E-state index < -0.39 is 88.0 Å². The molecule has 214 valence electrons. The van der Waals surface area contributed by atoms with Crippen LogP contribution in [-0.2, 0) is 35.0 Å². The fourth-order valence-electron chi connectivity index (χ4n) is 4.10. The van der Waals surface area contributed by atoms with E-state index in [2.05, 4.69) is 10.3 Å².